The highest BCUT2D eigenvalue weighted by Gasteiger charge is 2.46. The van der Waals surface area contributed by atoms with E-state index in [1.807, 2.05) is 0 Å². The zero-order valence-electron chi connectivity index (χ0n) is 14.2. The van der Waals surface area contributed by atoms with Gasteiger partial charge in [-0.3, -0.25) is 4.79 Å². The van der Waals surface area contributed by atoms with Gasteiger partial charge < -0.3 is 10.5 Å². The van der Waals surface area contributed by atoms with Gasteiger partial charge in [0.15, 0.2) is 0 Å². The molecule has 0 amide bonds. The average molecular weight is 295 g/mol. The molecular formula is C18H33NO2. The summed E-state index contributed by atoms with van der Waals surface area (Å²) in [6.07, 6.45) is 7.83. The first-order chi connectivity index (χ1) is 9.87. The third-order valence-corrected chi connectivity index (χ3v) is 6.42. The zero-order chi connectivity index (χ0) is 15.6. The van der Waals surface area contributed by atoms with Crippen molar-refractivity contribution < 1.29 is 9.53 Å². The molecule has 2 N–H and O–H groups in total. The van der Waals surface area contributed by atoms with E-state index < -0.39 is 0 Å². The van der Waals surface area contributed by atoms with Crippen molar-refractivity contribution >= 4 is 5.97 Å². The van der Waals surface area contributed by atoms with Gasteiger partial charge in [-0.15, -0.1) is 0 Å². The van der Waals surface area contributed by atoms with Gasteiger partial charge >= 0.3 is 5.97 Å². The Bertz CT molecular complexity index is 366. The van der Waals surface area contributed by atoms with E-state index in [2.05, 4.69) is 27.7 Å². The van der Waals surface area contributed by atoms with Crippen molar-refractivity contribution in [2.75, 3.05) is 0 Å². The van der Waals surface area contributed by atoms with Crippen LogP contribution in [0.2, 0.25) is 0 Å². The Morgan fingerprint density at radius 2 is 1.86 bits per heavy atom. The van der Waals surface area contributed by atoms with Crippen LogP contribution >= 0.6 is 0 Å². The summed E-state index contributed by atoms with van der Waals surface area (Å²) >= 11 is 0. The van der Waals surface area contributed by atoms with Gasteiger partial charge in [0, 0.05) is 6.04 Å². The zero-order valence-corrected chi connectivity index (χ0v) is 14.2. The minimum Gasteiger partial charge on any atom is -0.462 e. The average Bonchev–Trinajstić information content (AvgIpc) is 2.45. The normalized spacial score (nSPS) is 39.8. The quantitative estimate of drug-likeness (QED) is 0.803. The number of nitrogens with two attached hydrogens (primary N) is 1. The maximum atomic E-state index is 12.7. The molecule has 0 radical (unpaired) electrons. The Morgan fingerprint density at radius 1 is 1.19 bits per heavy atom. The predicted molar refractivity (Wildman–Crippen MR) is 85.8 cm³/mol. The predicted octanol–water partition coefficient (Wildman–Crippen LogP) is 3.90. The van der Waals surface area contributed by atoms with Crippen LogP contribution in [0, 0.1) is 23.2 Å². The van der Waals surface area contributed by atoms with Crippen LogP contribution in [0.4, 0.5) is 0 Å². The van der Waals surface area contributed by atoms with E-state index in [0.29, 0.717) is 11.8 Å². The number of carbonyl (C=O) groups excluding carboxylic acids is 1. The third-order valence-electron chi connectivity index (χ3n) is 6.42. The Kier molecular flexibility index (Phi) is 5.34. The maximum absolute atomic E-state index is 12.7. The summed E-state index contributed by atoms with van der Waals surface area (Å²) in [6, 6.07) is 0.210. The third kappa shape index (κ3) is 3.44. The van der Waals surface area contributed by atoms with Crippen molar-refractivity contribution in [3.8, 4) is 0 Å². The summed E-state index contributed by atoms with van der Waals surface area (Å²) < 4.78 is 5.97. The van der Waals surface area contributed by atoms with Crippen molar-refractivity contribution in [1.29, 1.82) is 0 Å². The largest absolute Gasteiger partial charge is 0.462 e. The first kappa shape index (κ1) is 16.8. The van der Waals surface area contributed by atoms with Crippen LogP contribution in [0.15, 0.2) is 0 Å². The molecule has 0 aromatic carbocycles. The van der Waals surface area contributed by atoms with Crippen LogP contribution in [-0.2, 0) is 9.53 Å². The molecule has 0 aromatic heterocycles. The molecule has 2 fully saturated rings. The van der Waals surface area contributed by atoms with Gasteiger partial charge in [0.05, 0.1) is 5.92 Å². The maximum Gasteiger partial charge on any atom is 0.309 e. The van der Waals surface area contributed by atoms with E-state index >= 15 is 0 Å². The minimum atomic E-state index is -0.0644. The van der Waals surface area contributed by atoms with Crippen LogP contribution in [0.3, 0.4) is 0 Å². The second-order valence-electron chi connectivity index (χ2n) is 7.83. The fourth-order valence-corrected chi connectivity index (χ4v) is 4.30. The molecular weight excluding hydrogens is 262 g/mol. The molecule has 2 aliphatic carbocycles. The molecule has 2 aliphatic rings. The fourth-order valence-electron chi connectivity index (χ4n) is 4.30. The van der Waals surface area contributed by atoms with Crippen LogP contribution in [0.25, 0.3) is 0 Å². The van der Waals surface area contributed by atoms with Crippen molar-refractivity contribution in [3.63, 3.8) is 0 Å². The summed E-state index contributed by atoms with van der Waals surface area (Å²) in [5.74, 6) is 0.960. The lowest BCUT2D eigenvalue weighted by Gasteiger charge is -2.46. The fraction of sp³-hybridized carbons (Fsp3) is 0.944. The van der Waals surface area contributed by atoms with Gasteiger partial charge in [0.1, 0.15) is 6.10 Å². The Morgan fingerprint density at radius 3 is 2.52 bits per heavy atom. The molecule has 5 unspecified atom stereocenters. The van der Waals surface area contributed by atoms with E-state index in [9.17, 15) is 4.79 Å². The number of esters is 1. The van der Waals surface area contributed by atoms with E-state index in [-0.39, 0.29) is 29.4 Å². The number of hydrogen-bond acceptors (Lipinski definition) is 3. The van der Waals surface area contributed by atoms with E-state index in [4.69, 9.17) is 10.5 Å². The van der Waals surface area contributed by atoms with Crippen LogP contribution in [-0.4, -0.2) is 18.1 Å². The summed E-state index contributed by atoms with van der Waals surface area (Å²) in [7, 11) is 0. The van der Waals surface area contributed by atoms with Crippen molar-refractivity contribution in [3.05, 3.63) is 0 Å². The SMILES string of the molecule is CCC1CCCCC1OC(=O)C1CCC(N)C(C)C1(C)C. The monoisotopic (exact) mass is 295 g/mol. The van der Waals surface area contributed by atoms with Gasteiger partial charge in [-0.25, -0.2) is 0 Å². The smallest absolute Gasteiger partial charge is 0.309 e. The van der Waals surface area contributed by atoms with Gasteiger partial charge in [-0.2, -0.15) is 0 Å². The lowest BCUT2D eigenvalue weighted by atomic mass is 9.61. The van der Waals surface area contributed by atoms with Crippen molar-refractivity contribution in [1.82, 2.24) is 0 Å². The highest BCUT2D eigenvalue weighted by Crippen LogP contribution is 2.45. The summed E-state index contributed by atoms with van der Waals surface area (Å²) in [5.41, 5.74) is 6.13. The van der Waals surface area contributed by atoms with E-state index in [1.54, 1.807) is 0 Å². The van der Waals surface area contributed by atoms with Crippen LogP contribution < -0.4 is 5.73 Å². The molecule has 3 heteroatoms. The van der Waals surface area contributed by atoms with Gasteiger partial charge in [-0.1, -0.05) is 34.1 Å². The molecule has 3 nitrogen and oxygen atoms in total. The Balaban J connectivity index is 2.02. The van der Waals surface area contributed by atoms with Gasteiger partial charge in [-0.05, 0) is 55.8 Å². The molecule has 0 aromatic rings. The molecule has 2 saturated carbocycles. The van der Waals surface area contributed by atoms with E-state index in [0.717, 1.165) is 25.7 Å². The Labute approximate surface area is 130 Å². The lowest BCUT2D eigenvalue weighted by Crippen LogP contribution is -2.50. The number of ether oxygens (including phenoxy) is 1. The van der Waals surface area contributed by atoms with Crippen molar-refractivity contribution in [2.24, 2.45) is 28.9 Å². The van der Waals surface area contributed by atoms with Crippen LogP contribution in [0.1, 0.15) is 72.6 Å². The minimum absolute atomic E-state index is 0.00623. The summed E-state index contributed by atoms with van der Waals surface area (Å²) in [6.45, 7) is 8.75. The first-order valence-corrected chi connectivity index (χ1v) is 8.84. The number of carbonyl (C=O) groups is 1. The standard InChI is InChI=1S/C18H33NO2/c1-5-13-8-6-7-9-16(13)21-17(20)14-10-11-15(19)12(2)18(14,3)4/h12-16H,5-11,19H2,1-4H3. The molecule has 0 bridgehead atoms. The molecule has 0 spiro atoms. The molecule has 0 aliphatic heterocycles. The molecule has 0 saturated heterocycles. The molecule has 21 heavy (non-hydrogen) atoms. The number of hydrogen-bond donors (Lipinski definition) is 1. The Hall–Kier alpha value is -0.570. The molecule has 2 rings (SSSR count). The molecule has 0 heterocycles. The molecule has 122 valence electrons. The summed E-state index contributed by atoms with van der Waals surface area (Å²) in [4.78, 5) is 12.7. The first-order valence-electron chi connectivity index (χ1n) is 8.84. The second kappa shape index (κ2) is 6.68. The lowest BCUT2D eigenvalue weighted by molar-refractivity contribution is -0.167. The van der Waals surface area contributed by atoms with Gasteiger partial charge in [0.25, 0.3) is 0 Å². The highest BCUT2D eigenvalue weighted by molar-refractivity contribution is 5.74. The molecule has 5 atom stereocenters. The van der Waals surface area contributed by atoms with Crippen LogP contribution in [0.5, 0.6) is 0 Å². The highest BCUT2D eigenvalue weighted by atomic mass is 16.5. The second-order valence-corrected chi connectivity index (χ2v) is 7.83. The number of rotatable bonds is 3. The summed E-state index contributed by atoms with van der Waals surface area (Å²) in [5, 5.41) is 0. The van der Waals surface area contributed by atoms with E-state index in [1.165, 1.54) is 19.3 Å². The topological polar surface area (TPSA) is 52.3 Å². The van der Waals surface area contributed by atoms with Gasteiger partial charge in [0.2, 0.25) is 0 Å². The van der Waals surface area contributed by atoms with Crippen molar-refractivity contribution in [2.45, 2.75) is 84.8 Å².